The first-order valence-corrected chi connectivity index (χ1v) is 11.1. The van der Waals surface area contributed by atoms with Gasteiger partial charge in [-0.25, -0.2) is 9.67 Å². The second-order valence-corrected chi connectivity index (χ2v) is 9.51. The molecular weight excluding hydrogens is 362 g/mol. The van der Waals surface area contributed by atoms with E-state index in [1.54, 1.807) is 17.3 Å². The van der Waals surface area contributed by atoms with Gasteiger partial charge >= 0.3 is 0 Å². The summed E-state index contributed by atoms with van der Waals surface area (Å²) in [5, 5.41) is 4.16. The van der Waals surface area contributed by atoms with E-state index < -0.39 is 0 Å². The lowest BCUT2D eigenvalue weighted by molar-refractivity contribution is 0.0264. The number of hydrogen-bond acceptors (Lipinski definition) is 5. The van der Waals surface area contributed by atoms with Crippen LogP contribution in [-0.2, 0) is 0 Å². The van der Waals surface area contributed by atoms with Crippen molar-refractivity contribution in [2.75, 3.05) is 32.8 Å². The molecule has 2 heterocycles. The van der Waals surface area contributed by atoms with E-state index in [0.717, 1.165) is 24.1 Å². The van der Waals surface area contributed by atoms with Crippen molar-refractivity contribution in [2.24, 2.45) is 5.92 Å². The minimum absolute atomic E-state index is 0.300. The Kier molecular flexibility index (Phi) is 6.20. The highest BCUT2D eigenvalue weighted by Crippen LogP contribution is 2.29. The van der Waals surface area contributed by atoms with Gasteiger partial charge in [0.05, 0.1) is 12.3 Å². The number of ether oxygens (including phenoxy) is 1. The standard InChI is InChI=1S/C23H35N5O/c1-23(2,3)27-14-12-26(13-15-27)20-6-4-19(5-7-20)16-29-22-10-8-21(9-11-22)28-18-24-17-25-28/h8-11,17-20H,4-7,12-16H2,1-3H3. The van der Waals surface area contributed by atoms with Crippen LogP contribution in [0.2, 0.25) is 0 Å². The van der Waals surface area contributed by atoms with Crippen LogP contribution in [0.15, 0.2) is 36.9 Å². The molecule has 2 fully saturated rings. The second kappa shape index (κ2) is 8.84. The van der Waals surface area contributed by atoms with Crippen LogP contribution in [0, 0.1) is 5.92 Å². The molecule has 0 atom stereocenters. The van der Waals surface area contributed by atoms with E-state index in [-0.39, 0.29) is 0 Å². The Labute approximate surface area is 174 Å². The van der Waals surface area contributed by atoms with Crippen molar-refractivity contribution in [3.05, 3.63) is 36.9 Å². The van der Waals surface area contributed by atoms with Crippen LogP contribution in [-0.4, -0.2) is 68.9 Å². The van der Waals surface area contributed by atoms with Gasteiger partial charge in [-0.05, 0) is 76.6 Å². The SMILES string of the molecule is CC(C)(C)N1CCN(C2CCC(COc3ccc(-n4cncn4)cc3)CC2)CC1. The van der Waals surface area contributed by atoms with Gasteiger partial charge in [-0.1, -0.05) is 0 Å². The number of rotatable bonds is 5. The topological polar surface area (TPSA) is 46.4 Å². The Morgan fingerprint density at radius 1 is 0.966 bits per heavy atom. The average molecular weight is 398 g/mol. The molecule has 4 rings (SSSR count). The van der Waals surface area contributed by atoms with Crippen molar-refractivity contribution in [1.82, 2.24) is 24.6 Å². The number of aromatic nitrogens is 3. The first-order chi connectivity index (χ1) is 14.0. The van der Waals surface area contributed by atoms with Crippen molar-refractivity contribution in [2.45, 2.75) is 58.0 Å². The summed E-state index contributed by atoms with van der Waals surface area (Å²) in [6, 6.07) is 8.88. The molecule has 6 nitrogen and oxygen atoms in total. The lowest BCUT2D eigenvalue weighted by Crippen LogP contribution is -2.56. The van der Waals surface area contributed by atoms with Gasteiger partial charge in [0, 0.05) is 37.8 Å². The Bertz CT molecular complexity index is 737. The molecule has 158 valence electrons. The predicted octanol–water partition coefficient (Wildman–Crippen LogP) is 3.62. The fraction of sp³-hybridized carbons (Fsp3) is 0.652. The van der Waals surface area contributed by atoms with E-state index in [0.29, 0.717) is 11.5 Å². The van der Waals surface area contributed by atoms with Gasteiger partial charge in [0.1, 0.15) is 18.4 Å². The molecule has 1 aliphatic heterocycles. The number of benzene rings is 1. The van der Waals surface area contributed by atoms with Gasteiger partial charge in [0.25, 0.3) is 0 Å². The molecule has 0 spiro atoms. The van der Waals surface area contributed by atoms with Crippen LogP contribution in [0.4, 0.5) is 0 Å². The number of hydrogen-bond donors (Lipinski definition) is 0. The highest BCUT2D eigenvalue weighted by molar-refractivity contribution is 5.36. The van der Waals surface area contributed by atoms with Crippen molar-refractivity contribution in [3.8, 4) is 11.4 Å². The molecule has 0 N–H and O–H groups in total. The maximum absolute atomic E-state index is 6.08. The largest absolute Gasteiger partial charge is 0.493 e. The van der Waals surface area contributed by atoms with Crippen LogP contribution < -0.4 is 4.74 Å². The fourth-order valence-electron chi connectivity index (χ4n) is 4.69. The third-order valence-corrected chi connectivity index (χ3v) is 6.60. The normalized spacial score (nSPS) is 24.5. The summed E-state index contributed by atoms with van der Waals surface area (Å²) < 4.78 is 7.84. The first kappa shape index (κ1) is 20.4. The van der Waals surface area contributed by atoms with Crippen molar-refractivity contribution in [3.63, 3.8) is 0 Å². The highest BCUT2D eigenvalue weighted by Gasteiger charge is 2.31. The maximum Gasteiger partial charge on any atom is 0.138 e. The molecule has 0 unspecified atom stereocenters. The first-order valence-electron chi connectivity index (χ1n) is 11.1. The Morgan fingerprint density at radius 2 is 1.66 bits per heavy atom. The molecule has 29 heavy (non-hydrogen) atoms. The summed E-state index contributed by atoms with van der Waals surface area (Å²) in [6.45, 7) is 12.7. The Morgan fingerprint density at radius 3 is 2.24 bits per heavy atom. The lowest BCUT2D eigenvalue weighted by atomic mass is 9.85. The zero-order valence-corrected chi connectivity index (χ0v) is 18.1. The minimum Gasteiger partial charge on any atom is -0.493 e. The smallest absolute Gasteiger partial charge is 0.138 e. The summed E-state index contributed by atoms with van der Waals surface area (Å²) in [4.78, 5) is 9.35. The lowest BCUT2D eigenvalue weighted by Gasteiger charge is -2.46. The minimum atomic E-state index is 0.300. The van der Waals surface area contributed by atoms with E-state index in [9.17, 15) is 0 Å². The molecule has 1 aromatic heterocycles. The summed E-state index contributed by atoms with van der Waals surface area (Å²) in [5.74, 6) is 1.62. The van der Waals surface area contributed by atoms with Gasteiger partial charge in [0.15, 0.2) is 0 Å². The zero-order chi connectivity index (χ0) is 20.3. The van der Waals surface area contributed by atoms with Gasteiger partial charge in [-0.2, -0.15) is 5.10 Å². The molecular formula is C23H35N5O. The second-order valence-electron chi connectivity index (χ2n) is 9.51. The Hall–Kier alpha value is -1.92. The third kappa shape index (κ3) is 5.17. The molecule has 0 radical (unpaired) electrons. The molecule has 1 aliphatic carbocycles. The quantitative estimate of drug-likeness (QED) is 0.771. The van der Waals surface area contributed by atoms with Crippen molar-refractivity contribution in [1.29, 1.82) is 0 Å². The molecule has 0 bridgehead atoms. The van der Waals surface area contributed by atoms with E-state index >= 15 is 0 Å². The monoisotopic (exact) mass is 397 g/mol. The van der Waals surface area contributed by atoms with Gasteiger partial charge in [-0.3, -0.25) is 9.80 Å². The molecule has 1 aromatic carbocycles. The van der Waals surface area contributed by atoms with Crippen molar-refractivity contribution < 1.29 is 4.74 Å². The number of nitrogens with zero attached hydrogens (tertiary/aromatic N) is 5. The van der Waals surface area contributed by atoms with E-state index in [4.69, 9.17) is 4.74 Å². The third-order valence-electron chi connectivity index (χ3n) is 6.60. The van der Waals surface area contributed by atoms with Gasteiger partial charge in [0.2, 0.25) is 0 Å². The van der Waals surface area contributed by atoms with Gasteiger partial charge < -0.3 is 4.74 Å². The average Bonchev–Trinajstić information content (AvgIpc) is 3.27. The van der Waals surface area contributed by atoms with E-state index in [2.05, 4.69) is 40.7 Å². The van der Waals surface area contributed by atoms with E-state index in [1.807, 2.05) is 24.3 Å². The molecule has 0 amide bonds. The van der Waals surface area contributed by atoms with Crippen LogP contribution >= 0.6 is 0 Å². The summed E-state index contributed by atoms with van der Waals surface area (Å²) in [6.07, 6.45) is 8.44. The molecule has 2 aliphatic rings. The molecule has 1 saturated carbocycles. The fourth-order valence-corrected chi connectivity index (χ4v) is 4.69. The zero-order valence-electron chi connectivity index (χ0n) is 18.1. The Balaban J connectivity index is 1.19. The summed E-state index contributed by atoms with van der Waals surface area (Å²) in [7, 11) is 0. The van der Waals surface area contributed by atoms with Gasteiger partial charge in [-0.15, -0.1) is 0 Å². The summed E-state index contributed by atoms with van der Waals surface area (Å²) >= 11 is 0. The van der Waals surface area contributed by atoms with Crippen LogP contribution in [0.3, 0.4) is 0 Å². The van der Waals surface area contributed by atoms with Crippen molar-refractivity contribution >= 4 is 0 Å². The molecule has 6 heteroatoms. The van der Waals surface area contributed by atoms with E-state index in [1.165, 1.54) is 51.9 Å². The predicted molar refractivity (Wildman–Crippen MR) is 115 cm³/mol. The van der Waals surface area contributed by atoms with Crippen LogP contribution in [0.5, 0.6) is 5.75 Å². The van der Waals surface area contributed by atoms with Crippen LogP contribution in [0.25, 0.3) is 5.69 Å². The molecule has 1 saturated heterocycles. The number of piperazine rings is 1. The molecule has 2 aromatic rings. The maximum atomic E-state index is 6.08. The summed E-state index contributed by atoms with van der Waals surface area (Å²) in [5.41, 5.74) is 1.30. The highest BCUT2D eigenvalue weighted by atomic mass is 16.5. The van der Waals surface area contributed by atoms with Crippen LogP contribution in [0.1, 0.15) is 46.5 Å².